The minimum atomic E-state index is -1.13. The molecule has 0 spiro atoms. The molecular weight excluding hydrogens is 434 g/mol. The smallest absolute Gasteiger partial charge is 0.407 e. The van der Waals surface area contributed by atoms with Crippen LogP contribution in [0.15, 0.2) is 66.7 Å². The van der Waals surface area contributed by atoms with Crippen LogP contribution in [-0.4, -0.2) is 44.0 Å². The van der Waals surface area contributed by atoms with Crippen LogP contribution in [0.5, 0.6) is 11.5 Å². The number of alkyl carbamates (subject to hydrolysis) is 1. The second-order valence-corrected chi connectivity index (χ2v) is 8.08. The molecule has 7 heteroatoms. The van der Waals surface area contributed by atoms with E-state index in [0.717, 1.165) is 27.8 Å². The number of carbonyl (C=O) groups is 2. The molecular formula is C27H27NO6. The molecule has 176 valence electrons. The van der Waals surface area contributed by atoms with Crippen molar-refractivity contribution >= 4 is 12.1 Å². The Morgan fingerprint density at radius 3 is 2.18 bits per heavy atom. The number of carbonyl (C=O) groups excluding carboxylic acids is 1. The maximum Gasteiger partial charge on any atom is 0.407 e. The van der Waals surface area contributed by atoms with Crippen LogP contribution >= 0.6 is 0 Å². The van der Waals surface area contributed by atoms with Crippen molar-refractivity contribution in [3.63, 3.8) is 0 Å². The molecule has 7 nitrogen and oxygen atoms in total. The highest BCUT2D eigenvalue weighted by molar-refractivity contribution is 5.81. The normalized spacial score (nSPS) is 12.9. The number of methoxy groups -OCH3 is 2. The predicted molar refractivity (Wildman–Crippen MR) is 127 cm³/mol. The van der Waals surface area contributed by atoms with Gasteiger partial charge in [0.05, 0.1) is 14.2 Å². The fourth-order valence-corrected chi connectivity index (χ4v) is 4.42. The molecule has 1 aliphatic rings. The summed E-state index contributed by atoms with van der Waals surface area (Å²) in [5.41, 5.74) is 5.24. The molecule has 1 amide bonds. The topological polar surface area (TPSA) is 94.1 Å². The Morgan fingerprint density at radius 2 is 1.59 bits per heavy atom. The number of ether oxygens (including phenoxy) is 3. The Kier molecular flexibility index (Phi) is 7.01. The minimum absolute atomic E-state index is 0.0949. The number of carboxylic acids is 1. The van der Waals surface area contributed by atoms with E-state index in [2.05, 4.69) is 17.4 Å². The monoisotopic (exact) mass is 461 g/mol. The van der Waals surface area contributed by atoms with Crippen molar-refractivity contribution in [2.24, 2.45) is 0 Å². The molecule has 0 bridgehead atoms. The van der Waals surface area contributed by atoms with Gasteiger partial charge >= 0.3 is 12.1 Å². The van der Waals surface area contributed by atoms with E-state index in [-0.39, 0.29) is 18.9 Å². The van der Waals surface area contributed by atoms with Crippen molar-refractivity contribution in [1.82, 2.24) is 5.32 Å². The lowest BCUT2D eigenvalue weighted by Crippen LogP contribution is -2.41. The molecule has 4 rings (SSSR count). The Hall–Kier alpha value is -4.00. The van der Waals surface area contributed by atoms with Gasteiger partial charge in [-0.25, -0.2) is 9.59 Å². The molecule has 0 fully saturated rings. The van der Waals surface area contributed by atoms with E-state index in [9.17, 15) is 14.7 Å². The second-order valence-electron chi connectivity index (χ2n) is 8.08. The van der Waals surface area contributed by atoms with Gasteiger partial charge in [0.25, 0.3) is 0 Å². The third-order valence-electron chi connectivity index (χ3n) is 6.12. The molecule has 1 atom stereocenters. The van der Waals surface area contributed by atoms with Crippen molar-refractivity contribution in [2.45, 2.75) is 24.8 Å². The molecule has 0 heterocycles. The zero-order valence-corrected chi connectivity index (χ0v) is 19.1. The minimum Gasteiger partial charge on any atom is -0.497 e. The van der Waals surface area contributed by atoms with Gasteiger partial charge in [-0.2, -0.15) is 0 Å². The van der Waals surface area contributed by atoms with Crippen LogP contribution < -0.4 is 14.8 Å². The van der Waals surface area contributed by atoms with Crippen LogP contribution in [0.25, 0.3) is 11.1 Å². The fraction of sp³-hybridized carbons (Fsp3) is 0.259. The Labute approximate surface area is 198 Å². The van der Waals surface area contributed by atoms with Gasteiger partial charge in [-0.05, 0) is 58.9 Å². The van der Waals surface area contributed by atoms with Crippen LogP contribution in [0, 0.1) is 0 Å². The SMILES string of the molecule is COc1ccc(OC)c(CCC(NC(=O)OCC2c3ccccc3-c3ccccc32)C(=O)O)c1. The van der Waals surface area contributed by atoms with Crippen LogP contribution in [0.4, 0.5) is 4.79 Å². The van der Waals surface area contributed by atoms with Crippen molar-refractivity contribution in [2.75, 3.05) is 20.8 Å². The predicted octanol–water partition coefficient (Wildman–Crippen LogP) is 4.63. The van der Waals surface area contributed by atoms with E-state index in [1.165, 1.54) is 0 Å². The number of fused-ring (bicyclic) bond motifs is 3. The van der Waals surface area contributed by atoms with Gasteiger partial charge in [-0.15, -0.1) is 0 Å². The molecule has 0 aliphatic heterocycles. The number of carboxylic acid groups (broad SMARTS) is 1. The van der Waals surface area contributed by atoms with Crippen molar-refractivity contribution < 1.29 is 28.9 Å². The molecule has 0 aromatic heterocycles. The van der Waals surface area contributed by atoms with Crippen LogP contribution in [0.2, 0.25) is 0 Å². The highest BCUT2D eigenvalue weighted by atomic mass is 16.5. The zero-order chi connectivity index (χ0) is 24.1. The zero-order valence-electron chi connectivity index (χ0n) is 19.1. The number of aliphatic carboxylic acids is 1. The average molecular weight is 462 g/mol. The van der Waals surface area contributed by atoms with Crippen molar-refractivity contribution in [3.8, 4) is 22.6 Å². The Morgan fingerprint density at radius 1 is 0.941 bits per heavy atom. The second kappa shape index (κ2) is 10.3. The maximum atomic E-state index is 12.5. The third kappa shape index (κ3) is 4.83. The van der Waals surface area contributed by atoms with Crippen molar-refractivity contribution in [3.05, 3.63) is 83.4 Å². The molecule has 3 aromatic rings. The number of aryl methyl sites for hydroxylation is 1. The number of nitrogens with one attached hydrogen (secondary N) is 1. The summed E-state index contributed by atoms with van der Waals surface area (Å²) in [6.07, 6.45) is -0.212. The van der Waals surface area contributed by atoms with E-state index in [1.807, 2.05) is 36.4 Å². The van der Waals surface area contributed by atoms with Gasteiger partial charge in [0.15, 0.2) is 0 Å². The summed E-state index contributed by atoms with van der Waals surface area (Å²) in [6, 6.07) is 20.3. The summed E-state index contributed by atoms with van der Waals surface area (Å²) >= 11 is 0. The number of hydrogen-bond donors (Lipinski definition) is 2. The van der Waals surface area contributed by atoms with E-state index >= 15 is 0 Å². The molecule has 1 aliphatic carbocycles. The highest BCUT2D eigenvalue weighted by Gasteiger charge is 2.29. The average Bonchev–Trinajstić information content (AvgIpc) is 3.18. The molecule has 0 radical (unpaired) electrons. The number of hydrogen-bond acceptors (Lipinski definition) is 5. The molecule has 2 N–H and O–H groups in total. The summed E-state index contributed by atoms with van der Waals surface area (Å²) in [5, 5.41) is 12.1. The Balaban J connectivity index is 1.39. The number of amides is 1. The van der Waals surface area contributed by atoms with E-state index < -0.39 is 18.1 Å². The van der Waals surface area contributed by atoms with E-state index in [0.29, 0.717) is 17.9 Å². The summed E-state index contributed by atoms with van der Waals surface area (Å²) in [4.78, 5) is 24.3. The van der Waals surface area contributed by atoms with Crippen LogP contribution in [-0.2, 0) is 16.0 Å². The first-order valence-electron chi connectivity index (χ1n) is 11.1. The van der Waals surface area contributed by atoms with Crippen LogP contribution in [0.1, 0.15) is 29.0 Å². The first-order chi connectivity index (χ1) is 16.5. The van der Waals surface area contributed by atoms with Gasteiger partial charge in [-0.1, -0.05) is 48.5 Å². The quantitative estimate of drug-likeness (QED) is 0.483. The molecule has 1 unspecified atom stereocenters. The largest absolute Gasteiger partial charge is 0.497 e. The molecule has 0 saturated carbocycles. The lowest BCUT2D eigenvalue weighted by Gasteiger charge is -2.18. The molecule has 34 heavy (non-hydrogen) atoms. The Bertz CT molecular complexity index is 1150. The van der Waals surface area contributed by atoms with E-state index in [1.54, 1.807) is 32.4 Å². The van der Waals surface area contributed by atoms with E-state index in [4.69, 9.17) is 14.2 Å². The lowest BCUT2D eigenvalue weighted by atomic mass is 9.98. The third-order valence-corrected chi connectivity index (χ3v) is 6.12. The van der Waals surface area contributed by atoms with Gasteiger partial charge < -0.3 is 24.6 Å². The number of rotatable bonds is 9. The summed E-state index contributed by atoms with van der Waals surface area (Å²) in [6.45, 7) is 0.121. The summed E-state index contributed by atoms with van der Waals surface area (Å²) < 4.78 is 16.1. The van der Waals surface area contributed by atoms with Gasteiger partial charge in [0, 0.05) is 5.92 Å². The maximum absolute atomic E-state index is 12.5. The standard InChI is InChI=1S/C27H27NO6/c1-32-18-12-14-25(33-2)17(15-18)11-13-24(26(29)30)28-27(31)34-16-23-21-9-5-3-7-19(21)20-8-4-6-10-22(20)23/h3-10,12,14-15,23-24H,11,13,16H2,1-2H3,(H,28,31)(H,29,30). The van der Waals surface area contributed by atoms with Crippen molar-refractivity contribution in [1.29, 1.82) is 0 Å². The first kappa shape index (κ1) is 23.2. The van der Waals surface area contributed by atoms with Crippen LogP contribution in [0.3, 0.4) is 0 Å². The first-order valence-corrected chi connectivity index (χ1v) is 11.1. The van der Waals surface area contributed by atoms with Gasteiger partial charge in [-0.3, -0.25) is 0 Å². The number of benzene rings is 3. The molecule has 0 saturated heterocycles. The van der Waals surface area contributed by atoms with Gasteiger partial charge in [0.1, 0.15) is 24.1 Å². The lowest BCUT2D eigenvalue weighted by molar-refractivity contribution is -0.139. The highest BCUT2D eigenvalue weighted by Crippen LogP contribution is 2.44. The van der Waals surface area contributed by atoms with Gasteiger partial charge in [0.2, 0.25) is 0 Å². The summed E-state index contributed by atoms with van der Waals surface area (Å²) in [5.74, 6) is 0.0519. The fourth-order valence-electron chi connectivity index (χ4n) is 4.42. The summed E-state index contributed by atoms with van der Waals surface area (Å²) in [7, 11) is 3.11. The molecule has 3 aromatic carbocycles.